The molecule has 2 unspecified atom stereocenters. The number of nitrogens with zero attached hydrogens (tertiary/aromatic N) is 1. The fourth-order valence-corrected chi connectivity index (χ4v) is 3.09. The van der Waals surface area contributed by atoms with Crippen molar-refractivity contribution in [3.8, 4) is 0 Å². The van der Waals surface area contributed by atoms with Crippen LogP contribution < -0.4 is 5.73 Å². The van der Waals surface area contributed by atoms with Crippen LogP contribution in [0.5, 0.6) is 0 Å². The Labute approximate surface area is 108 Å². The molecule has 0 spiro atoms. The van der Waals surface area contributed by atoms with E-state index in [2.05, 4.69) is 47.3 Å². The summed E-state index contributed by atoms with van der Waals surface area (Å²) in [5.74, 6) is 0.671. The van der Waals surface area contributed by atoms with Gasteiger partial charge in [-0.15, -0.1) is 0 Å². The zero-order valence-corrected chi connectivity index (χ0v) is 10.9. The van der Waals surface area contributed by atoms with E-state index in [1.165, 1.54) is 22.9 Å². The molecule has 96 valence electrons. The highest BCUT2D eigenvalue weighted by molar-refractivity contribution is 5.82. The molecule has 3 N–H and O–H groups in total. The van der Waals surface area contributed by atoms with Crippen molar-refractivity contribution >= 4 is 10.9 Å². The van der Waals surface area contributed by atoms with Crippen molar-refractivity contribution in [2.75, 3.05) is 13.1 Å². The van der Waals surface area contributed by atoms with Gasteiger partial charge in [-0.05, 0) is 37.4 Å². The molecule has 0 amide bonds. The minimum Gasteiger partial charge on any atom is -0.361 e. The lowest BCUT2D eigenvalue weighted by molar-refractivity contribution is 0.257. The predicted octanol–water partition coefficient (Wildman–Crippen LogP) is 2.34. The molecule has 1 aromatic carbocycles. The summed E-state index contributed by atoms with van der Waals surface area (Å²) in [6, 6.07) is 9.16. The van der Waals surface area contributed by atoms with Gasteiger partial charge in [0.25, 0.3) is 0 Å². The van der Waals surface area contributed by atoms with E-state index in [0.29, 0.717) is 12.0 Å². The Morgan fingerprint density at radius 2 is 2.22 bits per heavy atom. The van der Waals surface area contributed by atoms with Crippen molar-refractivity contribution in [2.45, 2.75) is 25.9 Å². The maximum atomic E-state index is 5.79. The summed E-state index contributed by atoms with van der Waals surface area (Å²) in [7, 11) is 0. The smallest absolute Gasteiger partial charge is 0.0457 e. The first kappa shape index (κ1) is 11.8. The quantitative estimate of drug-likeness (QED) is 0.869. The van der Waals surface area contributed by atoms with Crippen LogP contribution in [0.15, 0.2) is 30.5 Å². The average Bonchev–Trinajstić information content (AvgIpc) is 2.95. The maximum Gasteiger partial charge on any atom is 0.0457 e. The number of likely N-dealkylation sites (tertiary alicyclic amines) is 1. The monoisotopic (exact) mass is 243 g/mol. The van der Waals surface area contributed by atoms with Gasteiger partial charge in [0.2, 0.25) is 0 Å². The second kappa shape index (κ2) is 4.75. The number of aromatic nitrogens is 1. The van der Waals surface area contributed by atoms with Crippen LogP contribution >= 0.6 is 0 Å². The Morgan fingerprint density at radius 3 is 3.00 bits per heavy atom. The van der Waals surface area contributed by atoms with Gasteiger partial charge < -0.3 is 10.7 Å². The van der Waals surface area contributed by atoms with Crippen molar-refractivity contribution in [3.05, 3.63) is 36.0 Å². The largest absolute Gasteiger partial charge is 0.361 e. The molecular formula is C15H21N3. The highest BCUT2D eigenvalue weighted by Gasteiger charge is 2.28. The molecule has 1 aliphatic rings. The Balaban J connectivity index is 1.80. The van der Waals surface area contributed by atoms with Crippen LogP contribution in [0.25, 0.3) is 10.9 Å². The first-order chi connectivity index (χ1) is 8.78. The van der Waals surface area contributed by atoms with Crippen LogP contribution in [-0.4, -0.2) is 29.0 Å². The number of aromatic amines is 1. The normalized spacial score (nSPS) is 25.0. The molecule has 2 atom stereocenters. The lowest BCUT2D eigenvalue weighted by Gasteiger charge is -2.20. The van der Waals surface area contributed by atoms with Gasteiger partial charge in [0, 0.05) is 36.2 Å². The molecule has 2 aromatic rings. The van der Waals surface area contributed by atoms with E-state index >= 15 is 0 Å². The lowest BCUT2D eigenvalue weighted by atomic mass is 10.1. The molecule has 0 aliphatic carbocycles. The number of rotatable bonds is 3. The predicted molar refractivity (Wildman–Crippen MR) is 75.3 cm³/mol. The molecule has 1 fully saturated rings. The standard InChI is InChI=1S/C15H21N3/c1-11-6-12(7-16)9-18(11)10-13-8-17-15-5-3-2-4-14(13)15/h2-5,8,11-12,17H,6-7,9-10,16H2,1H3. The fourth-order valence-electron chi connectivity index (χ4n) is 3.09. The number of fused-ring (bicyclic) bond motifs is 1. The first-order valence-electron chi connectivity index (χ1n) is 6.77. The Hall–Kier alpha value is -1.32. The fraction of sp³-hybridized carbons (Fsp3) is 0.467. The highest BCUT2D eigenvalue weighted by Crippen LogP contribution is 2.26. The van der Waals surface area contributed by atoms with Gasteiger partial charge in [-0.2, -0.15) is 0 Å². The average molecular weight is 243 g/mol. The summed E-state index contributed by atoms with van der Waals surface area (Å²) < 4.78 is 0. The van der Waals surface area contributed by atoms with Gasteiger partial charge in [-0.25, -0.2) is 0 Å². The van der Waals surface area contributed by atoms with Gasteiger partial charge in [-0.1, -0.05) is 18.2 Å². The lowest BCUT2D eigenvalue weighted by Crippen LogP contribution is -2.27. The Morgan fingerprint density at radius 1 is 1.39 bits per heavy atom. The van der Waals surface area contributed by atoms with Crippen molar-refractivity contribution < 1.29 is 0 Å². The van der Waals surface area contributed by atoms with Crippen LogP contribution in [-0.2, 0) is 6.54 Å². The SMILES string of the molecule is CC1CC(CN)CN1Cc1c[nH]c2ccccc12. The van der Waals surface area contributed by atoms with Crippen molar-refractivity contribution in [1.82, 2.24) is 9.88 Å². The van der Waals surface area contributed by atoms with Gasteiger partial charge in [0.05, 0.1) is 0 Å². The number of H-pyrrole nitrogens is 1. The van der Waals surface area contributed by atoms with E-state index in [4.69, 9.17) is 5.73 Å². The molecule has 0 radical (unpaired) electrons. The van der Waals surface area contributed by atoms with Gasteiger partial charge in [0.1, 0.15) is 0 Å². The maximum absolute atomic E-state index is 5.79. The van der Waals surface area contributed by atoms with Crippen LogP contribution in [0.3, 0.4) is 0 Å². The van der Waals surface area contributed by atoms with E-state index < -0.39 is 0 Å². The molecule has 3 rings (SSSR count). The van der Waals surface area contributed by atoms with E-state index in [9.17, 15) is 0 Å². The van der Waals surface area contributed by atoms with Gasteiger partial charge in [0.15, 0.2) is 0 Å². The number of nitrogens with one attached hydrogen (secondary N) is 1. The summed E-state index contributed by atoms with van der Waals surface area (Å²) in [4.78, 5) is 5.90. The number of benzene rings is 1. The third kappa shape index (κ3) is 2.04. The second-order valence-corrected chi connectivity index (χ2v) is 5.48. The van der Waals surface area contributed by atoms with Crippen LogP contribution in [0.4, 0.5) is 0 Å². The third-order valence-corrected chi connectivity index (χ3v) is 4.17. The summed E-state index contributed by atoms with van der Waals surface area (Å²) in [5, 5.41) is 1.35. The molecule has 3 nitrogen and oxygen atoms in total. The number of hydrogen-bond acceptors (Lipinski definition) is 2. The van der Waals surface area contributed by atoms with E-state index in [-0.39, 0.29) is 0 Å². The van der Waals surface area contributed by atoms with Crippen molar-refractivity contribution in [1.29, 1.82) is 0 Å². The van der Waals surface area contributed by atoms with Crippen LogP contribution in [0.2, 0.25) is 0 Å². The van der Waals surface area contributed by atoms with Gasteiger partial charge in [-0.3, -0.25) is 4.90 Å². The molecule has 3 heteroatoms. The minimum atomic E-state index is 0.646. The molecule has 1 aliphatic heterocycles. The van der Waals surface area contributed by atoms with E-state index in [1.54, 1.807) is 0 Å². The molecule has 1 saturated heterocycles. The van der Waals surface area contributed by atoms with E-state index in [0.717, 1.165) is 19.6 Å². The Bertz CT molecular complexity index is 531. The summed E-state index contributed by atoms with van der Waals surface area (Å²) in [5.41, 5.74) is 8.42. The van der Waals surface area contributed by atoms with Crippen LogP contribution in [0.1, 0.15) is 18.9 Å². The Kier molecular flexibility index (Phi) is 3.10. The van der Waals surface area contributed by atoms with E-state index in [1.807, 2.05) is 0 Å². The minimum absolute atomic E-state index is 0.646. The number of para-hydroxylation sites is 1. The number of hydrogen-bond donors (Lipinski definition) is 2. The molecular weight excluding hydrogens is 222 g/mol. The molecule has 2 heterocycles. The summed E-state index contributed by atoms with van der Waals surface area (Å²) in [6.45, 7) is 5.29. The molecule has 0 bridgehead atoms. The molecule has 1 aromatic heterocycles. The zero-order valence-electron chi connectivity index (χ0n) is 10.9. The summed E-state index contributed by atoms with van der Waals surface area (Å²) in [6.07, 6.45) is 3.38. The zero-order chi connectivity index (χ0) is 12.5. The van der Waals surface area contributed by atoms with Crippen molar-refractivity contribution in [2.24, 2.45) is 11.7 Å². The van der Waals surface area contributed by atoms with Crippen LogP contribution in [0, 0.1) is 5.92 Å². The summed E-state index contributed by atoms with van der Waals surface area (Å²) >= 11 is 0. The van der Waals surface area contributed by atoms with Crippen molar-refractivity contribution in [3.63, 3.8) is 0 Å². The van der Waals surface area contributed by atoms with Gasteiger partial charge >= 0.3 is 0 Å². The third-order valence-electron chi connectivity index (χ3n) is 4.17. The molecule has 18 heavy (non-hydrogen) atoms. The first-order valence-corrected chi connectivity index (χ1v) is 6.77. The second-order valence-electron chi connectivity index (χ2n) is 5.48. The topological polar surface area (TPSA) is 45.0 Å². The molecule has 0 saturated carbocycles. The number of nitrogens with two attached hydrogens (primary N) is 1. The highest BCUT2D eigenvalue weighted by atomic mass is 15.2.